The van der Waals surface area contributed by atoms with Gasteiger partial charge >= 0.3 is 23.9 Å². The number of rotatable bonds is 54. The SMILES string of the molecule is CC/C=C\C/C=C\C/C=C\C/C=C\CCCCCCCCC(=O)OC1C(OCC(COC(=O)CCCCCCCCC/C=C\C/C=C\CCCCC)OC(=O)CCCCCCCCCCCCCCC)OC(C(=O)O)C(O)C1O. The normalized spacial score (nSPS) is 18.3. The van der Waals surface area contributed by atoms with E-state index < -0.39 is 67.3 Å². The van der Waals surface area contributed by atoms with Crippen LogP contribution in [0.1, 0.15) is 278 Å². The second kappa shape index (κ2) is 54.7. The van der Waals surface area contributed by atoms with E-state index in [1.54, 1.807) is 0 Å². The lowest BCUT2D eigenvalue weighted by atomic mass is 9.98. The molecule has 1 aliphatic heterocycles. The van der Waals surface area contributed by atoms with E-state index in [2.05, 4.69) is 93.7 Å². The van der Waals surface area contributed by atoms with Gasteiger partial charge in [-0.15, -0.1) is 0 Å². The summed E-state index contributed by atoms with van der Waals surface area (Å²) in [4.78, 5) is 51.3. The minimum Gasteiger partial charge on any atom is -0.479 e. The van der Waals surface area contributed by atoms with Crippen molar-refractivity contribution in [1.29, 1.82) is 0 Å². The van der Waals surface area contributed by atoms with E-state index in [1.165, 1.54) is 96.3 Å². The van der Waals surface area contributed by atoms with E-state index >= 15 is 0 Å². The maximum absolute atomic E-state index is 13.2. The molecule has 0 aliphatic carbocycles. The van der Waals surface area contributed by atoms with Gasteiger partial charge in [0.05, 0.1) is 6.61 Å². The number of aliphatic carboxylic acids is 1. The van der Waals surface area contributed by atoms with Gasteiger partial charge in [0, 0.05) is 19.3 Å². The topological polar surface area (TPSA) is 175 Å². The molecule has 0 saturated carbocycles. The minimum atomic E-state index is -1.91. The Balaban J connectivity index is 2.66. The van der Waals surface area contributed by atoms with Crippen molar-refractivity contribution in [3.05, 3.63) is 72.9 Å². The highest BCUT2D eigenvalue weighted by Gasteiger charge is 2.50. The lowest BCUT2D eigenvalue weighted by Gasteiger charge is -2.40. The Morgan fingerprint density at radius 3 is 1.24 bits per heavy atom. The Labute approximate surface area is 480 Å². The summed E-state index contributed by atoms with van der Waals surface area (Å²) in [5.74, 6) is -3.13. The summed E-state index contributed by atoms with van der Waals surface area (Å²) in [6.45, 7) is 5.87. The van der Waals surface area contributed by atoms with Crippen LogP contribution in [0.15, 0.2) is 72.9 Å². The quantitative estimate of drug-likeness (QED) is 0.0228. The van der Waals surface area contributed by atoms with Crippen LogP contribution in [0.3, 0.4) is 0 Å². The Bertz CT molecular complexity index is 1650. The zero-order chi connectivity index (χ0) is 57.5. The molecule has 6 atom stereocenters. The van der Waals surface area contributed by atoms with Crippen LogP contribution in [0.5, 0.6) is 0 Å². The van der Waals surface area contributed by atoms with Crippen LogP contribution >= 0.6 is 0 Å². The van der Waals surface area contributed by atoms with Crippen LogP contribution in [0.25, 0.3) is 0 Å². The molecule has 3 N–H and O–H groups in total. The second-order valence-corrected chi connectivity index (χ2v) is 21.7. The monoisotopic (exact) mass is 1110 g/mol. The summed E-state index contributed by atoms with van der Waals surface area (Å²) >= 11 is 0. The lowest BCUT2D eigenvalue weighted by molar-refractivity contribution is -0.301. The van der Waals surface area contributed by atoms with Gasteiger partial charge in [0.1, 0.15) is 18.8 Å². The third kappa shape index (κ3) is 44.5. The number of carboxylic acids is 1. The molecule has 0 aromatic carbocycles. The molecule has 1 saturated heterocycles. The predicted octanol–water partition coefficient (Wildman–Crippen LogP) is 16.9. The third-order valence-electron chi connectivity index (χ3n) is 14.3. The number of allylic oxidation sites excluding steroid dienone is 12. The van der Waals surface area contributed by atoms with Crippen LogP contribution in [-0.2, 0) is 42.9 Å². The van der Waals surface area contributed by atoms with Gasteiger partial charge in [-0.25, -0.2) is 4.79 Å². The fourth-order valence-corrected chi connectivity index (χ4v) is 9.39. The number of hydrogen-bond acceptors (Lipinski definition) is 11. The van der Waals surface area contributed by atoms with Crippen molar-refractivity contribution in [3.63, 3.8) is 0 Å². The summed E-state index contributed by atoms with van der Waals surface area (Å²) in [5, 5.41) is 31.6. The highest BCUT2D eigenvalue weighted by Crippen LogP contribution is 2.27. The number of aliphatic hydroxyl groups is 2. The molecule has 12 nitrogen and oxygen atoms in total. The molecule has 0 amide bonds. The van der Waals surface area contributed by atoms with Gasteiger partial charge in [0.2, 0.25) is 0 Å². The number of unbranched alkanes of at least 4 members (excludes halogenated alkanes) is 28. The van der Waals surface area contributed by atoms with E-state index in [1.807, 2.05) is 0 Å². The first-order valence-corrected chi connectivity index (χ1v) is 31.9. The molecule has 79 heavy (non-hydrogen) atoms. The van der Waals surface area contributed by atoms with Gasteiger partial charge in [-0.3, -0.25) is 14.4 Å². The molecule has 12 heteroatoms. The Morgan fingerprint density at radius 1 is 0.430 bits per heavy atom. The highest BCUT2D eigenvalue weighted by molar-refractivity contribution is 5.74. The molecule has 0 aromatic rings. The minimum absolute atomic E-state index is 0.0430. The fraction of sp³-hybridized carbons (Fsp3) is 0.761. The van der Waals surface area contributed by atoms with Crippen molar-refractivity contribution >= 4 is 23.9 Å². The zero-order valence-corrected chi connectivity index (χ0v) is 50.1. The van der Waals surface area contributed by atoms with Gasteiger partial charge in [0.15, 0.2) is 24.6 Å². The van der Waals surface area contributed by atoms with Crippen molar-refractivity contribution in [2.24, 2.45) is 0 Å². The van der Waals surface area contributed by atoms with Gasteiger partial charge in [-0.1, -0.05) is 241 Å². The highest BCUT2D eigenvalue weighted by atomic mass is 16.7. The Hall–Kier alpha value is -3.84. The molecule has 0 bridgehead atoms. The number of ether oxygens (including phenoxy) is 5. The summed E-state index contributed by atoms with van der Waals surface area (Å²) < 4.78 is 28.5. The van der Waals surface area contributed by atoms with Crippen molar-refractivity contribution in [2.45, 2.75) is 314 Å². The van der Waals surface area contributed by atoms with Crippen molar-refractivity contribution in [3.8, 4) is 0 Å². The average molecular weight is 1110 g/mol. The van der Waals surface area contributed by atoms with Gasteiger partial charge in [-0.2, -0.15) is 0 Å². The predicted molar refractivity (Wildman–Crippen MR) is 322 cm³/mol. The standard InChI is InChI=1S/C67H114O12/c1-4-7-10-13-16-19-22-25-27-29-30-32-34-37-40-43-46-49-52-55-61(70)78-65-63(72)62(71)64(66(73)74)79-67(65)76-57-58(77-60(69)54-51-48-45-42-39-35-24-21-18-15-12-9-6-3)56-75-59(68)53-50-47-44-41-38-36-33-31-28-26-23-20-17-14-11-8-5-2/h7,10,16-17,19-20,25-28,30,32,58,62-65,67,71-72H,4-6,8-9,11-15,18,21-24,29,31,33-57H2,1-3H3,(H,73,74)/b10-7-,19-16-,20-17-,27-25-,28-26-,32-30-. The first-order valence-electron chi connectivity index (χ1n) is 31.9. The molecular weight excluding hydrogens is 997 g/mol. The maximum Gasteiger partial charge on any atom is 0.335 e. The molecule has 1 heterocycles. The molecule has 6 unspecified atom stereocenters. The average Bonchev–Trinajstić information content (AvgIpc) is 3.46. The molecule has 0 radical (unpaired) electrons. The van der Waals surface area contributed by atoms with E-state index in [4.69, 9.17) is 23.7 Å². The summed E-state index contributed by atoms with van der Waals surface area (Å²) in [7, 11) is 0. The second-order valence-electron chi connectivity index (χ2n) is 21.7. The van der Waals surface area contributed by atoms with Crippen LogP contribution in [0.4, 0.5) is 0 Å². The van der Waals surface area contributed by atoms with Crippen molar-refractivity contribution < 1.29 is 58.2 Å². The first kappa shape index (κ1) is 73.2. The number of hydrogen-bond donors (Lipinski definition) is 3. The van der Waals surface area contributed by atoms with Crippen molar-refractivity contribution in [2.75, 3.05) is 13.2 Å². The maximum atomic E-state index is 13.2. The largest absolute Gasteiger partial charge is 0.479 e. The van der Waals surface area contributed by atoms with E-state index in [0.29, 0.717) is 19.3 Å². The molecule has 1 aliphatic rings. The fourth-order valence-electron chi connectivity index (χ4n) is 9.39. The number of carbonyl (C=O) groups excluding carboxylic acids is 3. The molecule has 454 valence electrons. The van der Waals surface area contributed by atoms with E-state index in [-0.39, 0.29) is 25.9 Å². The number of aliphatic hydroxyl groups excluding tert-OH is 2. The molecule has 1 fully saturated rings. The summed E-state index contributed by atoms with van der Waals surface area (Å²) in [6.07, 6.45) is 57.1. The molecule has 1 rings (SSSR count). The summed E-state index contributed by atoms with van der Waals surface area (Å²) in [6, 6.07) is 0. The van der Waals surface area contributed by atoms with Crippen LogP contribution in [0.2, 0.25) is 0 Å². The van der Waals surface area contributed by atoms with Gasteiger partial charge in [0.25, 0.3) is 0 Å². The Kier molecular flexibility index (Phi) is 50.7. The molecule has 0 aromatic heterocycles. The lowest BCUT2D eigenvalue weighted by Crippen LogP contribution is -2.61. The zero-order valence-electron chi connectivity index (χ0n) is 50.1. The van der Waals surface area contributed by atoms with Crippen LogP contribution in [-0.4, -0.2) is 89.2 Å². The first-order chi connectivity index (χ1) is 38.6. The van der Waals surface area contributed by atoms with Crippen LogP contribution in [0, 0.1) is 0 Å². The molecular formula is C67H114O12. The summed E-state index contributed by atoms with van der Waals surface area (Å²) in [5.41, 5.74) is 0. The number of carboxylic acid groups (broad SMARTS) is 1. The Morgan fingerprint density at radius 2 is 0.797 bits per heavy atom. The smallest absolute Gasteiger partial charge is 0.335 e. The number of carbonyl (C=O) groups is 4. The van der Waals surface area contributed by atoms with Gasteiger partial charge in [-0.05, 0) is 89.9 Å². The van der Waals surface area contributed by atoms with E-state index in [9.17, 15) is 34.5 Å². The third-order valence-corrected chi connectivity index (χ3v) is 14.3. The van der Waals surface area contributed by atoms with Gasteiger partial charge < -0.3 is 39.0 Å². The van der Waals surface area contributed by atoms with E-state index in [0.717, 1.165) is 122 Å². The van der Waals surface area contributed by atoms with Crippen LogP contribution < -0.4 is 0 Å². The van der Waals surface area contributed by atoms with Crippen molar-refractivity contribution in [1.82, 2.24) is 0 Å². The number of esters is 3. The molecule has 0 spiro atoms.